The van der Waals surface area contributed by atoms with Gasteiger partial charge in [-0.3, -0.25) is 14.6 Å². The Morgan fingerprint density at radius 1 is 1.19 bits per heavy atom. The number of carbonyl (C=O) groups is 2. The molecule has 1 N–H and O–H groups in total. The Hall–Kier alpha value is -2.06. The van der Waals surface area contributed by atoms with Crippen molar-refractivity contribution in [3.05, 3.63) is 24.2 Å². The van der Waals surface area contributed by atoms with E-state index < -0.39 is 0 Å². The minimum absolute atomic E-state index is 0.00565. The van der Waals surface area contributed by atoms with Crippen LogP contribution < -0.4 is 5.32 Å². The zero-order chi connectivity index (χ0) is 19.8. The maximum absolute atomic E-state index is 12.4. The molecule has 3 amide bonds. The topological polar surface area (TPSA) is 72.3 Å². The number of nitrogens with one attached hydrogen (secondary N) is 1. The number of furan rings is 1. The SMILES string of the molecule is CCN(CC)C(CNC(=O)CN1CCN(C(=O)N(C)C)CC1)c1ccco1. The molecule has 2 rings (SSSR count). The summed E-state index contributed by atoms with van der Waals surface area (Å²) in [7, 11) is 3.51. The molecule has 0 bridgehead atoms. The quantitative estimate of drug-likeness (QED) is 0.732. The number of hydrogen-bond donors (Lipinski definition) is 1. The molecule has 1 aliphatic rings. The summed E-state index contributed by atoms with van der Waals surface area (Å²) in [5, 5.41) is 3.05. The van der Waals surface area contributed by atoms with E-state index in [2.05, 4.69) is 29.0 Å². The molecular weight excluding hydrogens is 346 g/mol. The average Bonchev–Trinajstić information content (AvgIpc) is 3.19. The smallest absolute Gasteiger partial charge is 0.319 e. The highest BCUT2D eigenvalue weighted by Crippen LogP contribution is 2.20. The molecule has 0 radical (unpaired) electrons. The third-order valence-electron chi connectivity index (χ3n) is 5.01. The van der Waals surface area contributed by atoms with Crippen molar-refractivity contribution in [2.24, 2.45) is 0 Å². The summed E-state index contributed by atoms with van der Waals surface area (Å²) in [5.74, 6) is 0.876. The summed E-state index contributed by atoms with van der Waals surface area (Å²) >= 11 is 0. The van der Waals surface area contributed by atoms with Gasteiger partial charge in [0.15, 0.2) is 0 Å². The summed E-state index contributed by atoms with van der Waals surface area (Å²) in [6.07, 6.45) is 1.67. The van der Waals surface area contributed by atoms with Crippen LogP contribution in [0.25, 0.3) is 0 Å². The molecule has 8 nitrogen and oxygen atoms in total. The van der Waals surface area contributed by atoms with Gasteiger partial charge in [-0.1, -0.05) is 13.8 Å². The first-order valence-electron chi connectivity index (χ1n) is 9.69. The maximum Gasteiger partial charge on any atom is 0.319 e. The van der Waals surface area contributed by atoms with Crippen LogP contribution in [0.4, 0.5) is 4.79 Å². The van der Waals surface area contributed by atoms with Crippen LogP contribution in [0.1, 0.15) is 25.6 Å². The number of piperazine rings is 1. The van der Waals surface area contributed by atoms with Gasteiger partial charge >= 0.3 is 6.03 Å². The highest BCUT2D eigenvalue weighted by Gasteiger charge is 2.25. The lowest BCUT2D eigenvalue weighted by Crippen LogP contribution is -2.53. The zero-order valence-electron chi connectivity index (χ0n) is 17.0. The Labute approximate surface area is 162 Å². The first-order chi connectivity index (χ1) is 13.0. The number of nitrogens with zero attached hydrogens (tertiary/aromatic N) is 4. The molecule has 152 valence electrons. The van der Waals surface area contributed by atoms with Crippen molar-refractivity contribution in [1.82, 2.24) is 24.9 Å². The Balaban J connectivity index is 1.80. The number of likely N-dealkylation sites (N-methyl/N-ethyl adjacent to an activating group) is 1. The second-order valence-corrected chi connectivity index (χ2v) is 7.00. The van der Waals surface area contributed by atoms with Gasteiger partial charge in [-0.05, 0) is 25.2 Å². The van der Waals surface area contributed by atoms with Crippen molar-refractivity contribution in [3.63, 3.8) is 0 Å². The van der Waals surface area contributed by atoms with Gasteiger partial charge in [-0.25, -0.2) is 4.79 Å². The lowest BCUT2D eigenvalue weighted by molar-refractivity contribution is -0.122. The minimum Gasteiger partial charge on any atom is -0.468 e. The Morgan fingerprint density at radius 2 is 1.85 bits per heavy atom. The summed E-state index contributed by atoms with van der Waals surface area (Å²) in [4.78, 5) is 32.2. The first-order valence-corrected chi connectivity index (χ1v) is 9.69. The molecule has 27 heavy (non-hydrogen) atoms. The zero-order valence-corrected chi connectivity index (χ0v) is 17.0. The second kappa shape index (κ2) is 10.3. The van der Waals surface area contributed by atoms with Crippen molar-refractivity contribution < 1.29 is 14.0 Å². The van der Waals surface area contributed by atoms with E-state index in [0.29, 0.717) is 39.3 Å². The van der Waals surface area contributed by atoms with E-state index in [1.54, 1.807) is 25.3 Å². The van der Waals surface area contributed by atoms with Crippen molar-refractivity contribution in [3.8, 4) is 0 Å². The van der Waals surface area contributed by atoms with Crippen LogP contribution in [0.3, 0.4) is 0 Å². The largest absolute Gasteiger partial charge is 0.468 e. The van der Waals surface area contributed by atoms with E-state index in [0.717, 1.165) is 18.8 Å². The second-order valence-electron chi connectivity index (χ2n) is 7.00. The lowest BCUT2D eigenvalue weighted by Gasteiger charge is -2.35. The molecule has 0 aromatic carbocycles. The van der Waals surface area contributed by atoms with E-state index in [-0.39, 0.29) is 18.0 Å². The molecule has 8 heteroatoms. The Morgan fingerprint density at radius 3 is 2.37 bits per heavy atom. The maximum atomic E-state index is 12.4. The van der Waals surface area contributed by atoms with Crippen molar-refractivity contribution in [2.45, 2.75) is 19.9 Å². The number of urea groups is 1. The van der Waals surface area contributed by atoms with Crippen LogP contribution >= 0.6 is 0 Å². The fourth-order valence-electron chi connectivity index (χ4n) is 3.40. The predicted octanol–water partition coefficient (Wildman–Crippen LogP) is 1.08. The molecule has 0 spiro atoms. The van der Waals surface area contributed by atoms with Crippen molar-refractivity contribution in [1.29, 1.82) is 0 Å². The molecule has 1 unspecified atom stereocenters. The van der Waals surface area contributed by atoms with Crippen molar-refractivity contribution >= 4 is 11.9 Å². The molecule has 1 fully saturated rings. The number of amides is 3. The molecule has 1 saturated heterocycles. The monoisotopic (exact) mass is 379 g/mol. The van der Waals surface area contributed by atoms with Gasteiger partial charge in [-0.2, -0.15) is 0 Å². The van der Waals surface area contributed by atoms with Crippen LogP contribution in [-0.2, 0) is 4.79 Å². The van der Waals surface area contributed by atoms with E-state index in [9.17, 15) is 9.59 Å². The van der Waals surface area contributed by atoms with Crippen LogP contribution in [0.15, 0.2) is 22.8 Å². The van der Waals surface area contributed by atoms with Gasteiger partial charge in [0.1, 0.15) is 5.76 Å². The molecule has 1 atom stereocenters. The highest BCUT2D eigenvalue weighted by molar-refractivity contribution is 5.78. The number of rotatable bonds is 8. The summed E-state index contributed by atoms with van der Waals surface area (Å²) < 4.78 is 5.57. The highest BCUT2D eigenvalue weighted by atomic mass is 16.3. The van der Waals surface area contributed by atoms with Gasteiger partial charge in [0, 0.05) is 46.8 Å². The molecular formula is C19H33N5O3. The molecule has 1 aromatic rings. The van der Waals surface area contributed by atoms with Crippen molar-refractivity contribution in [2.75, 3.05) is 66.5 Å². The molecule has 1 aromatic heterocycles. The van der Waals surface area contributed by atoms with Crippen LogP contribution in [0.2, 0.25) is 0 Å². The van der Waals surface area contributed by atoms with E-state index in [1.807, 2.05) is 17.0 Å². The van der Waals surface area contributed by atoms with Gasteiger partial charge in [0.25, 0.3) is 0 Å². The average molecular weight is 380 g/mol. The molecule has 0 saturated carbocycles. The van der Waals surface area contributed by atoms with Crippen LogP contribution in [-0.4, -0.2) is 98.0 Å². The van der Waals surface area contributed by atoms with E-state index in [4.69, 9.17) is 4.42 Å². The first kappa shape index (κ1) is 21.2. The summed E-state index contributed by atoms with van der Waals surface area (Å²) in [6, 6.07) is 3.89. The Bertz CT molecular complexity index is 578. The third kappa shape index (κ3) is 5.97. The third-order valence-corrected chi connectivity index (χ3v) is 5.01. The van der Waals surface area contributed by atoms with Crippen LogP contribution in [0, 0.1) is 0 Å². The molecule has 0 aliphatic carbocycles. The lowest BCUT2D eigenvalue weighted by atomic mass is 10.2. The predicted molar refractivity (Wildman–Crippen MR) is 104 cm³/mol. The van der Waals surface area contributed by atoms with Gasteiger partial charge < -0.3 is 19.5 Å². The number of hydrogen-bond acceptors (Lipinski definition) is 5. The van der Waals surface area contributed by atoms with E-state index in [1.165, 1.54) is 0 Å². The fourth-order valence-corrected chi connectivity index (χ4v) is 3.40. The van der Waals surface area contributed by atoms with Crippen LogP contribution in [0.5, 0.6) is 0 Å². The molecule has 2 heterocycles. The Kier molecular flexibility index (Phi) is 8.12. The normalized spacial score (nSPS) is 16.4. The van der Waals surface area contributed by atoms with Gasteiger partial charge in [0.05, 0.1) is 18.8 Å². The summed E-state index contributed by atoms with van der Waals surface area (Å²) in [6.45, 7) is 9.60. The fraction of sp³-hybridized carbons (Fsp3) is 0.684. The molecule has 1 aliphatic heterocycles. The van der Waals surface area contributed by atoms with Gasteiger partial charge in [-0.15, -0.1) is 0 Å². The summed E-state index contributed by atoms with van der Waals surface area (Å²) in [5.41, 5.74) is 0. The standard InChI is InChI=1S/C19H33N5O3/c1-5-23(6-2)16(17-8-7-13-27-17)14-20-18(25)15-22-9-11-24(12-10-22)19(26)21(3)4/h7-8,13,16H,5-6,9-12,14-15H2,1-4H3,(H,20,25). The van der Waals surface area contributed by atoms with Gasteiger partial charge in [0.2, 0.25) is 5.91 Å². The number of carbonyl (C=O) groups excluding carboxylic acids is 2. The van der Waals surface area contributed by atoms with E-state index >= 15 is 0 Å². The minimum atomic E-state index is 0.00565.